The van der Waals surface area contributed by atoms with E-state index >= 15 is 0 Å². The van der Waals surface area contributed by atoms with E-state index in [1.165, 1.54) is 0 Å². The van der Waals surface area contributed by atoms with Gasteiger partial charge in [-0.15, -0.1) is 9.97 Å². The summed E-state index contributed by atoms with van der Waals surface area (Å²) in [6.07, 6.45) is 0. The third-order valence-corrected chi connectivity index (χ3v) is 8.69. The minimum absolute atomic E-state index is 0.169. The van der Waals surface area contributed by atoms with Crippen molar-refractivity contribution in [2.75, 3.05) is 0 Å². The van der Waals surface area contributed by atoms with E-state index in [1.807, 2.05) is 176 Å². The van der Waals surface area contributed by atoms with Crippen LogP contribution in [0.3, 0.4) is 0 Å². The van der Waals surface area contributed by atoms with Gasteiger partial charge in [-0.25, -0.2) is 0 Å². The maximum absolute atomic E-state index is 11.7. The first-order chi connectivity index (χ1) is 26.9. The Labute approximate surface area is 344 Å². The van der Waals surface area contributed by atoms with Crippen LogP contribution in [0.4, 0.5) is 0 Å². The van der Waals surface area contributed by atoms with Gasteiger partial charge < -0.3 is 10.2 Å². The Bertz CT molecular complexity index is 2320. The van der Waals surface area contributed by atoms with Gasteiger partial charge in [-0.2, -0.15) is 4.42 Å². The quantitative estimate of drug-likeness (QED) is 0.123. The first-order valence-corrected chi connectivity index (χ1v) is 35.4. The molecule has 11 heteroatoms. The number of halogens is 5. The van der Waals surface area contributed by atoms with Gasteiger partial charge in [0.25, 0.3) is 0 Å². The number of phenols is 2. The zero-order valence-electron chi connectivity index (χ0n) is 29.3. The minimum atomic E-state index is -4.40. The summed E-state index contributed by atoms with van der Waals surface area (Å²) in [6, 6.07) is 56.6. The van der Waals surface area contributed by atoms with Gasteiger partial charge in [-0.3, -0.25) is 0 Å². The molecule has 8 rings (SSSR count). The van der Waals surface area contributed by atoms with Crippen molar-refractivity contribution in [1.82, 2.24) is 9.97 Å². The van der Waals surface area contributed by atoms with Crippen LogP contribution < -0.4 is 0 Å². The first-order valence-electron chi connectivity index (χ1n) is 17.3. The molecule has 7 aromatic carbocycles. The van der Waals surface area contributed by atoms with Gasteiger partial charge >= 0.3 is 67.7 Å². The second-order valence-electron chi connectivity index (χ2n) is 12.6. The molecule has 0 bridgehead atoms. The van der Waals surface area contributed by atoms with Gasteiger partial charge in [0.15, 0.2) is 5.82 Å². The van der Waals surface area contributed by atoms with E-state index in [2.05, 4.69) is 0 Å². The molecule has 0 atom stereocenters. The van der Waals surface area contributed by atoms with Gasteiger partial charge in [0, 0.05) is 27.8 Å². The van der Waals surface area contributed by atoms with E-state index in [1.54, 1.807) is 0 Å². The molecule has 0 saturated heterocycles. The molecule has 0 amide bonds. The van der Waals surface area contributed by atoms with Crippen molar-refractivity contribution in [2.45, 2.75) is 0 Å². The summed E-state index contributed by atoms with van der Waals surface area (Å²) in [5.74, 6) is 1.49. The van der Waals surface area contributed by atoms with E-state index < -0.39 is 11.4 Å². The molecule has 56 heavy (non-hydrogen) atoms. The normalized spacial score (nSPS) is 11.8. The summed E-state index contributed by atoms with van der Waals surface area (Å²) in [4.78, 5) is 10.0. The third kappa shape index (κ3) is 10.0. The molecule has 278 valence electrons. The fraction of sp³-hybridized carbons (Fsp3) is 0. The summed E-state index contributed by atoms with van der Waals surface area (Å²) in [5, 5.41) is 23.3. The second kappa shape index (κ2) is 16.9. The molecule has 0 aliphatic carbocycles. The Morgan fingerprint density at radius 3 is 0.911 bits per heavy atom. The monoisotopic (exact) mass is 942 g/mol. The summed E-state index contributed by atoms with van der Waals surface area (Å²) in [6.45, 7) is 0. The van der Waals surface area contributed by atoms with Crippen molar-refractivity contribution in [1.29, 1.82) is 0 Å². The molecule has 0 unspecified atom stereocenters. The Kier molecular flexibility index (Phi) is 11.9. The predicted molar refractivity (Wildman–Crippen MR) is 235 cm³/mol. The second-order valence-corrected chi connectivity index (χ2v) is 55.1. The Morgan fingerprint density at radius 1 is 0.357 bits per heavy atom. The Hall–Kier alpha value is -4.60. The fourth-order valence-electron chi connectivity index (χ4n) is 6.18. The van der Waals surface area contributed by atoms with Crippen LogP contribution in [0.1, 0.15) is 0 Å². The van der Waals surface area contributed by atoms with Gasteiger partial charge in [0.05, 0.1) is 0 Å². The third-order valence-electron chi connectivity index (χ3n) is 8.69. The van der Waals surface area contributed by atoms with Crippen molar-refractivity contribution in [3.8, 4) is 90.3 Å². The van der Waals surface area contributed by atoms with Crippen LogP contribution in [-0.2, 0) is 0 Å². The van der Waals surface area contributed by atoms with Crippen molar-refractivity contribution >= 4 is 56.0 Å². The number of nitrogens with zero attached hydrogens (tertiary/aromatic N) is 2. The molecule has 0 spiro atoms. The molecule has 1 heterocycles. The summed E-state index contributed by atoms with van der Waals surface area (Å²) in [7, 11) is 25.3. The van der Waals surface area contributed by atoms with Crippen molar-refractivity contribution in [2.24, 2.45) is 0 Å². The molecular formula is C45H31Cl5N2O3Sn. The SMILES string of the molecule is Oc1c(-c2ccccc2)cc(-c2nc(-c3ccccc3)[o+]c(-c3cc(-c4ccccc4)c(O)c(-c4ccccc4)c3)n2)cc1-c1ccccc1.[Cl][Sn-]([Cl])([Cl])([Cl])[Cl]. The van der Waals surface area contributed by atoms with Crippen LogP contribution >= 0.6 is 44.6 Å². The fourth-order valence-corrected chi connectivity index (χ4v) is 6.18. The summed E-state index contributed by atoms with van der Waals surface area (Å²) >= 11 is -4.40. The number of hydrogen-bond acceptors (Lipinski definition) is 4. The number of aromatic nitrogens is 2. The molecule has 2 N–H and O–H groups in total. The standard InChI is InChI=1S/C45H30N2O3.5ClH.Sn/c48-41-37(30-16-6-1-7-17-30)26-35(27-38(41)31-18-8-2-9-19-31)43-46-44(34-24-14-5-15-25-34)50-45(47-43)36-28-39(32-20-10-3-11-21-32)42(49)40(29-36)33-22-12-4-13-23-33;;;;;;/h1-29H,(H-,46,47,48,49);5*1H;/q;;;;;;+4/p-4. The van der Waals surface area contributed by atoms with E-state index in [-0.39, 0.29) is 11.5 Å². The van der Waals surface area contributed by atoms with E-state index in [4.69, 9.17) is 59.0 Å². The Balaban J connectivity index is 0.000000744. The molecule has 0 saturated carbocycles. The number of hydrogen-bond donors (Lipinski definition) is 2. The molecule has 1 aromatic heterocycles. The van der Waals surface area contributed by atoms with E-state index in [0.717, 1.165) is 27.8 Å². The van der Waals surface area contributed by atoms with Crippen molar-refractivity contribution in [3.63, 3.8) is 0 Å². The van der Waals surface area contributed by atoms with Crippen molar-refractivity contribution in [3.05, 3.63) is 176 Å². The Morgan fingerprint density at radius 2 is 0.607 bits per heavy atom. The van der Waals surface area contributed by atoms with E-state index in [0.29, 0.717) is 51.0 Å². The van der Waals surface area contributed by atoms with Gasteiger partial charge in [-0.1, -0.05) is 140 Å². The molecular weight excluding hydrogens is 912 g/mol. The topological polar surface area (TPSA) is 77.5 Å². The average Bonchev–Trinajstić information content (AvgIpc) is 3.21. The zero-order valence-corrected chi connectivity index (χ0v) is 36.0. The van der Waals surface area contributed by atoms with Gasteiger partial charge in [0.1, 0.15) is 22.6 Å². The van der Waals surface area contributed by atoms with Crippen LogP contribution in [-0.4, -0.2) is 31.5 Å². The zero-order chi connectivity index (χ0) is 39.3. The van der Waals surface area contributed by atoms with Gasteiger partial charge in [0.2, 0.25) is 0 Å². The summed E-state index contributed by atoms with van der Waals surface area (Å²) < 4.78 is 6.53. The molecule has 8 aromatic rings. The van der Waals surface area contributed by atoms with Crippen LogP contribution in [0.5, 0.6) is 11.5 Å². The van der Waals surface area contributed by atoms with Crippen molar-refractivity contribution < 1.29 is 14.6 Å². The van der Waals surface area contributed by atoms with E-state index in [9.17, 15) is 10.2 Å². The summed E-state index contributed by atoms with van der Waals surface area (Å²) in [5.41, 5.74) is 8.26. The maximum atomic E-state index is 11.7. The average molecular weight is 944 g/mol. The number of phenolic OH excluding ortho intramolecular Hbond substituents is 2. The van der Waals surface area contributed by atoms with Crippen LogP contribution in [0, 0.1) is 0 Å². The molecule has 0 radical (unpaired) electrons. The predicted octanol–water partition coefficient (Wildman–Crippen LogP) is 14.5. The number of rotatable bonds is 7. The first kappa shape index (κ1) is 39.6. The van der Waals surface area contributed by atoms with Crippen LogP contribution in [0.15, 0.2) is 180 Å². The number of benzene rings is 7. The van der Waals surface area contributed by atoms with Crippen LogP contribution in [0.2, 0.25) is 0 Å². The van der Waals surface area contributed by atoms with Gasteiger partial charge in [-0.05, 0) is 58.7 Å². The molecule has 5 nitrogen and oxygen atoms in total. The molecule has 0 aliphatic rings. The van der Waals surface area contributed by atoms with Crippen LogP contribution in [0.25, 0.3) is 78.8 Å². The number of aromatic hydroxyl groups is 2. The molecule has 0 aliphatic heterocycles. The molecule has 0 fully saturated rings.